The molecular weight excluding hydrogens is 308 g/mol. The monoisotopic (exact) mass is 332 g/mol. The molecule has 2 aliphatic heterocycles. The van der Waals surface area contributed by atoms with Crippen LogP contribution >= 0.6 is 11.8 Å². The van der Waals surface area contributed by atoms with Gasteiger partial charge in [0.2, 0.25) is 11.8 Å². The van der Waals surface area contributed by atoms with Crippen LogP contribution in [-0.4, -0.2) is 53.0 Å². The van der Waals surface area contributed by atoms with Gasteiger partial charge in [0.25, 0.3) is 0 Å². The van der Waals surface area contributed by atoms with Crippen molar-refractivity contribution in [2.75, 3.05) is 25.4 Å². The van der Waals surface area contributed by atoms with Crippen molar-refractivity contribution in [2.24, 2.45) is 0 Å². The molecule has 0 saturated carbocycles. The van der Waals surface area contributed by atoms with Gasteiger partial charge in [0, 0.05) is 37.1 Å². The lowest BCUT2D eigenvalue weighted by Gasteiger charge is -2.37. The van der Waals surface area contributed by atoms with Crippen LogP contribution in [0.5, 0.6) is 0 Å². The molecule has 0 spiro atoms. The second-order valence-electron chi connectivity index (χ2n) is 6.17. The van der Waals surface area contributed by atoms with Crippen molar-refractivity contribution >= 4 is 23.6 Å². The summed E-state index contributed by atoms with van der Waals surface area (Å²) in [4.78, 5) is 28.7. The Kier molecular flexibility index (Phi) is 5.26. The zero-order valence-corrected chi connectivity index (χ0v) is 14.4. The van der Waals surface area contributed by atoms with E-state index in [0.717, 1.165) is 31.8 Å². The molecule has 3 rings (SSSR count). The molecule has 0 aliphatic carbocycles. The minimum Gasteiger partial charge on any atom is -0.339 e. The molecule has 0 aromatic heterocycles. The van der Waals surface area contributed by atoms with Crippen LogP contribution in [-0.2, 0) is 9.59 Å². The molecule has 2 saturated heterocycles. The molecule has 0 N–H and O–H groups in total. The van der Waals surface area contributed by atoms with Crippen LogP contribution in [0.3, 0.4) is 0 Å². The summed E-state index contributed by atoms with van der Waals surface area (Å²) in [6.07, 6.45) is 2.17. The smallest absolute Gasteiger partial charge is 0.245 e. The van der Waals surface area contributed by atoms with Gasteiger partial charge in [-0.15, -0.1) is 0 Å². The molecular formula is C18H24N2O2S. The molecule has 4 nitrogen and oxygen atoms in total. The zero-order chi connectivity index (χ0) is 16.2. The first-order chi connectivity index (χ1) is 11.2. The quantitative estimate of drug-likeness (QED) is 0.851. The summed E-state index contributed by atoms with van der Waals surface area (Å²) >= 11 is 1.92. The fourth-order valence-electron chi connectivity index (χ4n) is 3.46. The molecule has 5 heteroatoms. The van der Waals surface area contributed by atoms with Gasteiger partial charge in [-0.25, -0.2) is 0 Å². The summed E-state index contributed by atoms with van der Waals surface area (Å²) < 4.78 is 0. The molecule has 2 heterocycles. The highest BCUT2D eigenvalue weighted by Crippen LogP contribution is 2.33. The van der Waals surface area contributed by atoms with Crippen molar-refractivity contribution in [3.8, 4) is 0 Å². The summed E-state index contributed by atoms with van der Waals surface area (Å²) in [5.74, 6) is 1.22. The number of carbonyl (C=O) groups excluding carboxylic acids is 2. The Morgan fingerprint density at radius 2 is 2.09 bits per heavy atom. The van der Waals surface area contributed by atoms with E-state index in [0.29, 0.717) is 18.1 Å². The van der Waals surface area contributed by atoms with Gasteiger partial charge in [-0.1, -0.05) is 37.3 Å². The van der Waals surface area contributed by atoms with E-state index in [1.165, 1.54) is 5.56 Å². The van der Waals surface area contributed by atoms with Crippen LogP contribution < -0.4 is 0 Å². The lowest BCUT2D eigenvalue weighted by atomic mass is 10.1. The predicted molar refractivity (Wildman–Crippen MR) is 93.2 cm³/mol. The number of benzene rings is 1. The lowest BCUT2D eigenvalue weighted by Crippen LogP contribution is -2.51. The fourth-order valence-corrected chi connectivity index (χ4v) is 4.70. The molecule has 2 amide bonds. The van der Waals surface area contributed by atoms with E-state index >= 15 is 0 Å². The molecule has 0 radical (unpaired) electrons. The Bertz CT molecular complexity index is 563. The van der Waals surface area contributed by atoms with E-state index < -0.39 is 0 Å². The van der Waals surface area contributed by atoms with Crippen molar-refractivity contribution in [3.63, 3.8) is 0 Å². The van der Waals surface area contributed by atoms with Gasteiger partial charge in [-0.2, -0.15) is 11.8 Å². The average Bonchev–Trinajstić information content (AvgIpc) is 3.02. The SMILES string of the molecule is CC[C@@H](C(=O)N1CCS[C@@H](c2ccccc2)C1)N1CCCC1=O. The first-order valence-corrected chi connectivity index (χ1v) is 9.50. The molecule has 0 unspecified atom stereocenters. The van der Waals surface area contributed by atoms with Gasteiger partial charge in [0.15, 0.2) is 0 Å². The topological polar surface area (TPSA) is 40.6 Å². The van der Waals surface area contributed by atoms with Crippen molar-refractivity contribution in [1.29, 1.82) is 0 Å². The van der Waals surface area contributed by atoms with Crippen molar-refractivity contribution in [3.05, 3.63) is 35.9 Å². The third-order valence-corrected chi connectivity index (χ3v) is 5.95. The highest BCUT2D eigenvalue weighted by atomic mass is 32.2. The lowest BCUT2D eigenvalue weighted by molar-refractivity contribution is -0.143. The third kappa shape index (κ3) is 3.55. The van der Waals surface area contributed by atoms with Crippen LogP contribution in [0, 0.1) is 0 Å². The Morgan fingerprint density at radius 3 is 2.74 bits per heavy atom. The molecule has 0 bridgehead atoms. The maximum absolute atomic E-state index is 13.0. The molecule has 124 valence electrons. The van der Waals surface area contributed by atoms with Gasteiger partial charge in [-0.05, 0) is 18.4 Å². The maximum atomic E-state index is 13.0. The fraction of sp³-hybridized carbons (Fsp3) is 0.556. The summed E-state index contributed by atoms with van der Waals surface area (Å²) in [5, 5.41) is 0.334. The van der Waals surface area contributed by atoms with Crippen molar-refractivity contribution in [1.82, 2.24) is 9.80 Å². The second-order valence-corrected chi connectivity index (χ2v) is 7.48. The standard InChI is InChI=1S/C18H24N2O2S/c1-2-15(20-10-6-9-17(20)21)18(22)19-11-12-23-16(13-19)14-7-4-3-5-8-14/h3-5,7-8,15-16H,2,6,9-13H2,1H3/t15-,16+/m0/s1. The van der Waals surface area contributed by atoms with Crippen LogP contribution in [0.2, 0.25) is 0 Å². The highest BCUT2D eigenvalue weighted by molar-refractivity contribution is 7.99. The van der Waals surface area contributed by atoms with Gasteiger partial charge >= 0.3 is 0 Å². The molecule has 2 atom stereocenters. The largest absolute Gasteiger partial charge is 0.339 e. The summed E-state index contributed by atoms with van der Waals surface area (Å²) in [6.45, 7) is 4.26. The Balaban J connectivity index is 1.70. The third-order valence-electron chi connectivity index (χ3n) is 4.71. The molecule has 23 heavy (non-hydrogen) atoms. The Labute approximate surface area is 142 Å². The maximum Gasteiger partial charge on any atom is 0.245 e. The summed E-state index contributed by atoms with van der Waals surface area (Å²) in [6, 6.07) is 10.1. The number of nitrogens with zero attached hydrogens (tertiary/aromatic N) is 2. The van der Waals surface area contributed by atoms with E-state index in [9.17, 15) is 9.59 Å². The van der Waals surface area contributed by atoms with E-state index in [4.69, 9.17) is 0 Å². The van der Waals surface area contributed by atoms with Crippen LogP contribution in [0.4, 0.5) is 0 Å². The van der Waals surface area contributed by atoms with Crippen LogP contribution in [0.15, 0.2) is 30.3 Å². The van der Waals surface area contributed by atoms with E-state index in [-0.39, 0.29) is 17.9 Å². The first-order valence-electron chi connectivity index (χ1n) is 8.45. The summed E-state index contributed by atoms with van der Waals surface area (Å²) in [7, 11) is 0. The second kappa shape index (κ2) is 7.39. The Morgan fingerprint density at radius 1 is 1.30 bits per heavy atom. The molecule has 2 fully saturated rings. The van der Waals surface area contributed by atoms with Crippen molar-refractivity contribution in [2.45, 2.75) is 37.5 Å². The molecule has 1 aromatic carbocycles. The average molecular weight is 332 g/mol. The zero-order valence-electron chi connectivity index (χ0n) is 13.6. The number of rotatable bonds is 4. The molecule has 2 aliphatic rings. The minimum atomic E-state index is -0.274. The number of likely N-dealkylation sites (tertiary alicyclic amines) is 1. The van der Waals surface area contributed by atoms with E-state index in [1.54, 1.807) is 4.90 Å². The Hall–Kier alpha value is -1.49. The highest BCUT2D eigenvalue weighted by Gasteiger charge is 2.35. The predicted octanol–water partition coefficient (Wildman–Crippen LogP) is 2.70. The summed E-state index contributed by atoms with van der Waals surface area (Å²) in [5.41, 5.74) is 1.28. The molecule has 1 aromatic rings. The first kappa shape index (κ1) is 16.4. The number of hydrogen-bond acceptors (Lipinski definition) is 3. The van der Waals surface area contributed by atoms with Gasteiger partial charge in [-0.3, -0.25) is 9.59 Å². The van der Waals surface area contributed by atoms with Gasteiger partial charge < -0.3 is 9.80 Å². The number of hydrogen-bond donors (Lipinski definition) is 0. The van der Waals surface area contributed by atoms with Gasteiger partial charge in [0.05, 0.1) is 0 Å². The van der Waals surface area contributed by atoms with E-state index in [2.05, 4.69) is 24.3 Å². The van der Waals surface area contributed by atoms with Gasteiger partial charge in [0.1, 0.15) is 6.04 Å². The van der Waals surface area contributed by atoms with Crippen LogP contribution in [0.1, 0.15) is 37.0 Å². The minimum absolute atomic E-state index is 0.129. The number of carbonyl (C=O) groups is 2. The van der Waals surface area contributed by atoms with E-state index in [1.807, 2.05) is 29.7 Å². The van der Waals surface area contributed by atoms with Crippen molar-refractivity contribution < 1.29 is 9.59 Å². The van der Waals surface area contributed by atoms with Crippen LogP contribution in [0.25, 0.3) is 0 Å². The number of thioether (sulfide) groups is 1. The number of amides is 2. The normalized spacial score (nSPS) is 23.2.